The molecule has 3 aromatic heterocycles. The molecule has 2 atom stereocenters. The van der Waals surface area contributed by atoms with Crippen LogP contribution in [0.5, 0.6) is 0 Å². The molecular formula is C17H19N5O3. The summed E-state index contributed by atoms with van der Waals surface area (Å²) < 4.78 is 13.0. The summed E-state index contributed by atoms with van der Waals surface area (Å²) >= 11 is 0. The van der Waals surface area contributed by atoms with Gasteiger partial charge in [-0.2, -0.15) is 4.98 Å². The molecule has 8 heteroatoms. The van der Waals surface area contributed by atoms with Crippen LogP contribution in [0.15, 0.2) is 35.1 Å². The van der Waals surface area contributed by atoms with Crippen molar-refractivity contribution in [3.05, 3.63) is 48.0 Å². The van der Waals surface area contributed by atoms with Crippen LogP contribution in [0.3, 0.4) is 0 Å². The molecule has 0 radical (unpaired) electrons. The van der Waals surface area contributed by atoms with E-state index < -0.39 is 6.10 Å². The summed E-state index contributed by atoms with van der Waals surface area (Å²) in [6.07, 6.45) is 3.56. The summed E-state index contributed by atoms with van der Waals surface area (Å²) in [5.74, 6) is 0.980. The van der Waals surface area contributed by atoms with Crippen molar-refractivity contribution in [2.24, 2.45) is 0 Å². The van der Waals surface area contributed by atoms with E-state index >= 15 is 0 Å². The monoisotopic (exact) mass is 341 g/mol. The number of carbonyl (C=O) groups is 1. The first-order valence-electron chi connectivity index (χ1n) is 8.24. The third kappa shape index (κ3) is 3.25. The maximum atomic E-state index is 12.7. The van der Waals surface area contributed by atoms with Crippen LogP contribution in [-0.2, 0) is 16.0 Å². The highest BCUT2D eigenvalue weighted by Gasteiger charge is 2.32. The lowest BCUT2D eigenvalue weighted by Crippen LogP contribution is -2.46. The summed E-state index contributed by atoms with van der Waals surface area (Å²) in [6, 6.07) is 5.77. The Bertz CT molecular complexity index is 869. The van der Waals surface area contributed by atoms with Gasteiger partial charge in [-0.3, -0.25) is 4.79 Å². The molecule has 0 unspecified atom stereocenters. The fourth-order valence-electron chi connectivity index (χ4n) is 3.07. The first kappa shape index (κ1) is 15.8. The van der Waals surface area contributed by atoms with Gasteiger partial charge in [0.05, 0.1) is 24.8 Å². The molecule has 1 aliphatic heterocycles. The first-order chi connectivity index (χ1) is 12.1. The summed E-state index contributed by atoms with van der Waals surface area (Å²) in [6.45, 7) is 4.63. The van der Waals surface area contributed by atoms with E-state index in [1.54, 1.807) is 11.8 Å². The quantitative estimate of drug-likeness (QED) is 0.718. The molecule has 0 aromatic carbocycles. The molecule has 0 spiro atoms. The van der Waals surface area contributed by atoms with Crippen LogP contribution in [0.2, 0.25) is 0 Å². The van der Waals surface area contributed by atoms with Gasteiger partial charge in [-0.05, 0) is 26.0 Å². The van der Waals surface area contributed by atoms with Crippen molar-refractivity contribution in [2.75, 3.05) is 13.1 Å². The zero-order valence-corrected chi connectivity index (χ0v) is 14.1. The van der Waals surface area contributed by atoms with Crippen molar-refractivity contribution >= 4 is 11.6 Å². The Morgan fingerprint density at radius 2 is 2.20 bits per heavy atom. The fraction of sp³-hybridized carbons (Fsp3) is 0.412. The minimum absolute atomic E-state index is 0.0137. The van der Waals surface area contributed by atoms with E-state index in [4.69, 9.17) is 9.26 Å². The molecule has 4 heterocycles. The lowest BCUT2D eigenvalue weighted by Gasteiger charge is -2.35. The largest absolute Gasteiger partial charge is 0.362 e. The van der Waals surface area contributed by atoms with Gasteiger partial charge in [0.25, 0.3) is 5.89 Å². The van der Waals surface area contributed by atoms with E-state index in [0.717, 1.165) is 11.3 Å². The Kier molecular flexibility index (Phi) is 3.96. The molecule has 1 aliphatic rings. The van der Waals surface area contributed by atoms with Crippen LogP contribution >= 0.6 is 0 Å². The minimum atomic E-state index is -0.394. The van der Waals surface area contributed by atoms with E-state index in [-0.39, 0.29) is 18.4 Å². The molecule has 1 fully saturated rings. The Labute approximate surface area is 144 Å². The zero-order chi connectivity index (χ0) is 17.4. The summed E-state index contributed by atoms with van der Waals surface area (Å²) in [7, 11) is 0. The number of rotatable bonds is 3. The highest BCUT2D eigenvalue weighted by atomic mass is 16.5. The molecule has 0 saturated carbocycles. The number of hydrogen-bond acceptors (Lipinski definition) is 6. The van der Waals surface area contributed by atoms with Crippen LogP contribution in [0.4, 0.5) is 0 Å². The van der Waals surface area contributed by atoms with E-state index in [1.165, 1.54) is 0 Å². The van der Waals surface area contributed by atoms with Crippen molar-refractivity contribution in [3.8, 4) is 0 Å². The highest BCUT2D eigenvalue weighted by molar-refractivity contribution is 5.78. The van der Waals surface area contributed by atoms with Gasteiger partial charge in [-0.15, -0.1) is 0 Å². The van der Waals surface area contributed by atoms with E-state index in [2.05, 4.69) is 15.1 Å². The second-order valence-corrected chi connectivity index (χ2v) is 6.29. The SMILES string of the molecule is Cc1noc([C@H]2CN(C(=O)Cc3cn4ccccc4n3)C[C@@H](C)O2)n1. The number of nitrogens with zero attached hydrogens (tertiary/aromatic N) is 5. The van der Waals surface area contributed by atoms with Crippen molar-refractivity contribution in [1.82, 2.24) is 24.4 Å². The third-order valence-corrected chi connectivity index (χ3v) is 4.18. The Morgan fingerprint density at radius 1 is 1.32 bits per heavy atom. The average molecular weight is 341 g/mol. The maximum Gasteiger partial charge on any atom is 0.257 e. The molecule has 1 saturated heterocycles. The van der Waals surface area contributed by atoms with Crippen LogP contribution in [0, 0.1) is 6.92 Å². The second-order valence-electron chi connectivity index (χ2n) is 6.29. The van der Waals surface area contributed by atoms with Crippen molar-refractivity contribution in [1.29, 1.82) is 0 Å². The number of pyridine rings is 1. The average Bonchev–Trinajstić information content (AvgIpc) is 3.19. The molecule has 1 amide bonds. The predicted molar refractivity (Wildman–Crippen MR) is 87.8 cm³/mol. The normalized spacial score (nSPS) is 21.0. The van der Waals surface area contributed by atoms with Gasteiger partial charge in [0.2, 0.25) is 5.91 Å². The second kappa shape index (κ2) is 6.29. The van der Waals surface area contributed by atoms with Crippen LogP contribution in [0.1, 0.15) is 30.4 Å². The van der Waals surface area contributed by atoms with E-state index in [1.807, 2.05) is 41.9 Å². The molecule has 0 N–H and O–H groups in total. The topological polar surface area (TPSA) is 85.8 Å². The summed E-state index contributed by atoms with van der Waals surface area (Å²) in [4.78, 5) is 23.2. The Balaban J connectivity index is 1.48. The first-order valence-corrected chi connectivity index (χ1v) is 8.24. The standard InChI is InChI=1S/C17H19N5O3/c1-11-8-22(10-14(24-11)17-18-12(2)20-25-17)16(23)7-13-9-21-6-4-3-5-15(21)19-13/h3-6,9,11,14H,7-8,10H2,1-2H3/t11-,14-/m1/s1. The number of amides is 1. The molecule has 8 nitrogen and oxygen atoms in total. The van der Waals surface area contributed by atoms with E-state index in [9.17, 15) is 4.79 Å². The predicted octanol–water partition coefficient (Wildman–Crippen LogP) is 1.56. The molecule has 0 bridgehead atoms. The van der Waals surface area contributed by atoms with Gasteiger partial charge < -0.3 is 18.6 Å². The van der Waals surface area contributed by atoms with Gasteiger partial charge in [-0.25, -0.2) is 4.98 Å². The maximum absolute atomic E-state index is 12.7. The van der Waals surface area contributed by atoms with Gasteiger partial charge in [-0.1, -0.05) is 11.2 Å². The molecular weight excluding hydrogens is 322 g/mol. The minimum Gasteiger partial charge on any atom is -0.362 e. The molecule has 25 heavy (non-hydrogen) atoms. The van der Waals surface area contributed by atoms with Gasteiger partial charge in [0, 0.05) is 18.9 Å². The molecule has 0 aliphatic carbocycles. The van der Waals surface area contributed by atoms with Gasteiger partial charge >= 0.3 is 0 Å². The summed E-state index contributed by atoms with van der Waals surface area (Å²) in [5.41, 5.74) is 1.58. The van der Waals surface area contributed by atoms with Gasteiger partial charge in [0.1, 0.15) is 5.65 Å². The lowest BCUT2D eigenvalue weighted by atomic mass is 10.2. The highest BCUT2D eigenvalue weighted by Crippen LogP contribution is 2.24. The Hall–Kier alpha value is -2.74. The number of aryl methyl sites for hydroxylation is 1. The van der Waals surface area contributed by atoms with E-state index in [0.29, 0.717) is 24.8 Å². The number of ether oxygens (including phenoxy) is 1. The summed E-state index contributed by atoms with van der Waals surface area (Å²) in [5, 5.41) is 3.80. The number of carbonyl (C=O) groups excluding carboxylic acids is 1. The fourth-order valence-corrected chi connectivity index (χ4v) is 3.07. The third-order valence-electron chi connectivity index (χ3n) is 4.18. The number of fused-ring (bicyclic) bond motifs is 1. The number of aromatic nitrogens is 4. The van der Waals surface area contributed by atoms with Crippen LogP contribution < -0.4 is 0 Å². The molecule has 4 rings (SSSR count). The van der Waals surface area contributed by atoms with Crippen LogP contribution in [-0.4, -0.2) is 49.5 Å². The van der Waals surface area contributed by atoms with Crippen molar-refractivity contribution in [3.63, 3.8) is 0 Å². The lowest BCUT2D eigenvalue weighted by molar-refractivity contribution is -0.146. The number of hydrogen-bond donors (Lipinski definition) is 0. The van der Waals surface area contributed by atoms with Crippen LogP contribution in [0.25, 0.3) is 5.65 Å². The zero-order valence-electron chi connectivity index (χ0n) is 14.1. The molecule has 3 aromatic rings. The van der Waals surface area contributed by atoms with Crippen molar-refractivity contribution < 1.29 is 14.1 Å². The Morgan fingerprint density at radius 3 is 2.96 bits per heavy atom. The molecule has 130 valence electrons. The number of imidazole rings is 1. The van der Waals surface area contributed by atoms with Gasteiger partial charge in [0.15, 0.2) is 11.9 Å². The number of morpholine rings is 1. The van der Waals surface area contributed by atoms with Crippen molar-refractivity contribution in [2.45, 2.75) is 32.5 Å². The smallest absolute Gasteiger partial charge is 0.257 e.